The number of hydrogen-bond donors (Lipinski definition) is 3. The molecule has 6 nitrogen and oxygen atoms in total. The molecule has 0 amide bonds. The number of fused-ring (bicyclic) bond motifs is 2. The molecule has 6 heteroatoms. The zero-order chi connectivity index (χ0) is 20.7. The van der Waals surface area contributed by atoms with Gasteiger partial charge in [-0.05, 0) is 41.5 Å². The molecule has 0 atom stereocenters. The molecule has 0 spiro atoms. The highest BCUT2D eigenvalue weighted by Gasteiger charge is 2.24. The number of methoxy groups -OCH3 is 1. The minimum Gasteiger partial charge on any atom is -0.493 e. The van der Waals surface area contributed by atoms with E-state index in [1.165, 1.54) is 11.1 Å². The van der Waals surface area contributed by atoms with Crippen molar-refractivity contribution in [3.8, 4) is 22.9 Å². The molecule has 3 aromatic carbocycles. The fourth-order valence-corrected chi connectivity index (χ4v) is 4.02. The Bertz CT molecular complexity index is 1190. The summed E-state index contributed by atoms with van der Waals surface area (Å²) in [4.78, 5) is 7.88. The molecular formula is C24H22N2O4. The van der Waals surface area contributed by atoms with E-state index >= 15 is 0 Å². The number of H-pyrrole nitrogens is 1. The molecule has 0 unspecified atom stereocenters. The van der Waals surface area contributed by atoms with Crippen molar-refractivity contribution < 1.29 is 19.7 Å². The molecule has 1 aliphatic rings. The SMILES string of the molecule is COc1ccc(-c2nc3ccc(C(O)O)cc3[nH]2)cc1OC1Cc2ccccc2C1. The van der Waals surface area contributed by atoms with Crippen LogP contribution in [-0.4, -0.2) is 33.4 Å². The third kappa shape index (κ3) is 3.40. The predicted molar refractivity (Wildman–Crippen MR) is 114 cm³/mol. The Morgan fingerprint density at radius 2 is 1.73 bits per heavy atom. The Morgan fingerprint density at radius 1 is 0.967 bits per heavy atom. The number of aliphatic hydroxyl groups is 2. The average Bonchev–Trinajstić information content (AvgIpc) is 3.36. The van der Waals surface area contributed by atoms with Crippen LogP contribution in [-0.2, 0) is 12.8 Å². The molecule has 30 heavy (non-hydrogen) atoms. The standard InChI is InChI=1S/C24H22N2O4/c1-29-21-9-7-16(23-25-19-8-6-17(24(27)28)12-20(19)26-23)13-22(21)30-18-10-14-4-2-3-5-15(14)11-18/h2-9,12-13,18,24,27-28H,10-11H2,1H3,(H,25,26). The van der Waals surface area contributed by atoms with Crippen molar-refractivity contribution in [2.24, 2.45) is 0 Å². The molecule has 1 aliphatic carbocycles. The van der Waals surface area contributed by atoms with Gasteiger partial charge in [0.2, 0.25) is 0 Å². The van der Waals surface area contributed by atoms with E-state index in [9.17, 15) is 10.2 Å². The fourth-order valence-electron chi connectivity index (χ4n) is 4.02. The van der Waals surface area contributed by atoms with Crippen LogP contribution in [0.1, 0.15) is 23.0 Å². The number of imidazole rings is 1. The summed E-state index contributed by atoms with van der Waals surface area (Å²) in [6.07, 6.45) is 0.300. The van der Waals surface area contributed by atoms with Gasteiger partial charge in [0.15, 0.2) is 17.8 Å². The van der Waals surface area contributed by atoms with Crippen LogP contribution in [0.2, 0.25) is 0 Å². The summed E-state index contributed by atoms with van der Waals surface area (Å²) in [5.74, 6) is 2.04. The smallest absolute Gasteiger partial charge is 0.178 e. The lowest BCUT2D eigenvalue weighted by atomic mass is 10.1. The van der Waals surface area contributed by atoms with E-state index in [-0.39, 0.29) is 6.10 Å². The van der Waals surface area contributed by atoms with Crippen LogP contribution < -0.4 is 9.47 Å². The number of nitrogens with one attached hydrogen (secondary N) is 1. The summed E-state index contributed by atoms with van der Waals surface area (Å²) in [6, 6.07) is 19.3. The summed E-state index contributed by atoms with van der Waals surface area (Å²) in [5.41, 5.74) is 5.42. The first-order chi connectivity index (χ1) is 14.6. The monoisotopic (exact) mass is 402 g/mol. The summed E-state index contributed by atoms with van der Waals surface area (Å²) in [7, 11) is 1.63. The molecule has 5 rings (SSSR count). The van der Waals surface area contributed by atoms with Gasteiger partial charge in [0.1, 0.15) is 11.9 Å². The highest BCUT2D eigenvalue weighted by atomic mass is 16.5. The lowest BCUT2D eigenvalue weighted by molar-refractivity contribution is -0.0424. The number of nitrogens with zero attached hydrogens (tertiary/aromatic N) is 1. The third-order valence-electron chi connectivity index (χ3n) is 5.55. The topological polar surface area (TPSA) is 87.6 Å². The van der Waals surface area contributed by atoms with Gasteiger partial charge in [-0.15, -0.1) is 0 Å². The van der Waals surface area contributed by atoms with Crippen molar-refractivity contribution in [3.63, 3.8) is 0 Å². The molecular weight excluding hydrogens is 380 g/mol. The molecule has 1 heterocycles. The van der Waals surface area contributed by atoms with E-state index in [1.807, 2.05) is 18.2 Å². The fraction of sp³-hybridized carbons (Fsp3) is 0.208. The Hall–Kier alpha value is -3.35. The van der Waals surface area contributed by atoms with Gasteiger partial charge in [0, 0.05) is 24.0 Å². The quantitative estimate of drug-likeness (QED) is 0.443. The molecule has 0 fully saturated rings. The van der Waals surface area contributed by atoms with E-state index in [4.69, 9.17) is 9.47 Å². The van der Waals surface area contributed by atoms with Gasteiger partial charge >= 0.3 is 0 Å². The number of aliphatic hydroxyl groups excluding tert-OH is 1. The third-order valence-corrected chi connectivity index (χ3v) is 5.55. The number of hydrogen-bond acceptors (Lipinski definition) is 5. The second kappa shape index (κ2) is 7.48. The van der Waals surface area contributed by atoms with Crippen LogP contribution >= 0.6 is 0 Å². The van der Waals surface area contributed by atoms with Crippen molar-refractivity contribution in [1.29, 1.82) is 0 Å². The van der Waals surface area contributed by atoms with Crippen LogP contribution in [0, 0.1) is 0 Å². The molecule has 4 aromatic rings. The second-order valence-electron chi connectivity index (χ2n) is 7.52. The predicted octanol–water partition coefficient (Wildman–Crippen LogP) is 3.77. The summed E-state index contributed by atoms with van der Waals surface area (Å²) < 4.78 is 11.8. The maximum absolute atomic E-state index is 9.39. The van der Waals surface area contributed by atoms with Crippen LogP contribution in [0.25, 0.3) is 22.4 Å². The van der Waals surface area contributed by atoms with Crippen molar-refractivity contribution in [2.45, 2.75) is 25.2 Å². The van der Waals surface area contributed by atoms with Crippen molar-refractivity contribution in [2.75, 3.05) is 7.11 Å². The van der Waals surface area contributed by atoms with Crippen LogP contribution in [0.5, 0.6) is 11.5 Å². The van der Waals surface area contributed by atoms with Crippen LogP contribution in [0.4, 0.5) is 0 Å². The largest absolute Gasteiger partial charge is 0.493 e. The molecule has 1 aromatic heterocycles. The van der Waals surface area contributed by atoms with Gasteiger partial charge in [-0.25, -0.2) is 4.98 Å². The van der Waals surface area contributed by atoms with Crippen molar-refractivity contribution in [3.05, 3.63) is 77.4 Å². The average molecular weight is 402 g/mol. The Balaban J connectivity index is 1.45. The lowest BCUT2D eigenvalue weighted by Gasteiger charge is -2.16. The van der Waals surface area contributed by atoms with Crippen molar-refractivity contribution in [1.82, 2.24) is 9.97 Å². The van der Waals surface area contributed by atoms with E-state index in [1.54, 1.807) is 25.3 Å². The van der Waals surface area contributed by atoms with Gasteiger partial charge in [-0.2, -0.15) is 0 Å². The van der Waals surface area contributed by atoms with E-state index in [0.29, 0.717) is 22.9 Å². The summed E-state index contributed by atoms with van der Waals surface area (Å²) in [6.45, 7) is 0. The van der Waals surface area contributed by atoms with Gasteiger partial charge in [-0.1, -0.05) is 30.3 Å². The Labute approximate surface area is 173 Å². The second-order valence-corrected chi connectivity index (χ2v) is 7.52. The highest BCUT2D eigenvalue weighted by Crippen LogP contribution is 2.35. The molecule has 0 bridgehead atoms. The first kappa shape index (κ1) is 18.7. The lowest BCUT2D eigenvalue weighted by Crippen LogP contribution is -2.16. The number of aromatic amines is 1. The Kier molecular flexibility index (Phi) is 4.65. The van der Waals surface area contributed by atoms with E-state index in [0.717, 1.165) is 29.4 Å². The van der Waals surface area contributed by atoms with Crippen LogP contribution in [0.3, 0.4) is 0 Å². The number of ether oxygens (including phenoxy) is 2. The number of benzene rings is 3. The first-order valence-corrected chi connectivity index (χ1v) is 9.88. The summed E-state index contributed by atoms with van der Waals surface area (Å²) in [5, 5.41) is 18.8. The molecule has 3 N–H and O–H groups in total. The Morgan fingerprint density at radius 3 is 2.43 bits per heavy atom. The molecule has 0 saturated heterocycles. The zero-order valence-corrected chi connectivity index (χ0v) is 16.5. The molecule has 0 radical (unpaired) electrons. The minimum absolute atomic E-state index is 0.0656. The van der Waals surface area contributed by atoms with Crippen molar-refractivity contribution >= 4 is 11.0 Å². The van der Waals surface area contributed by atoms with E-state index in [2.05, 4.69) is 34.2 Å². The molecule has 0 aliphatic heterocycles. The minimum atomic E-state index is -1.52. The van der Waals surface area contributed by atoms with Gasteiger partial charge in [0.05, 0.1) is 18.1 Å². The maximum atomic E-state index is 9.39. The van der Waals surface area contributed by atoms with Crippen LogP contribution in [0.15, 0.2) is 60.7 Å². The molecule has 152 valence electrons. The summed E-state index contributed by atoms with van der Waals surface area (Å²) >= 11 is 0. The molecule has 0 saturated carbocycles. The maximum Gasteiger partial charge on any atom is 0.178 e. The van der Waals surface area contributed by atoms with E-state index < -0.39 is 6.29 Å². The normalized spacial score (nSPS) is 13.7. The van der Waals surface area contributed by atoms with Gasteiger partial charge in [-0.3, -0.25) is 0 Å². The van der Waals surface area contributed by atoms with Gasteiger partial charge in [0.25, 0.3) is 0 Å². The number of aromatic nitrogens is 2. The zero-order valence-electron chi connectivity index (χ0n) is 16.5. The first-order valence-electron chi connectivity index (χ1n) is 9.88. The number of rotatable bonds is 5. The highest BCUT2D eigenvalue weighted by molar-refractivity contribution is 5.80. The van der Waals surface area contributed by atoms with Gasteiger partial charge < -0.3 is 24.7 Å².